The highest BCUT2D eigenvalue weighted by Gasteiger charge is 2.26. The quantitative estimate of drug-likeness (QED) is 0.845. The van der Waals surface area contributed by atoms with Gasteiger partial charge in [-0.25, -0.2) is 4.79 Å². The molecular formula is C19H27N3O4. The molecule has 1 aromatic rings. The lowest BCUT2D eigenvalue weighted by molar-refractivity contribution is -0.116. The van der Waals surface area contributed by atoms with Crippen molar-refractivity contribution in [2.24, 2.45) is 0 Å². The van der Waals surface area contributed by atoms with Crippen LogP contribution in [0.15, 0.2) is 24.3 Å². The number of para-hydroxylation sites is 1. The maximum Gasteiger partial charge on any atom is 0.409 e. The molecule has 7 nitrogen and oxygen atoms in total. The van der Waals surface area contributed by atoms with Gasteiger partial charge in [0.05, 0.1) is 17.9 Å². The Morgan fingerprint density at radius 3 is 2.35 bits per heavy atom. The number of carbonyl (C=O) groups excluding carboxylic acids is 3. The Balaban J connectivity index is 2.00. The third kappa shape index (κ3) is 5.21. The monoisotopic (exact) mass is 361 g/mol. The van der Waals surface area contributed by atoms with Crippen LogP contribution in [0.3, 0.4) is 0 Å². The Morgan fingerprint density at radius 2 is 1.69 bits per heavy atom. The summed E-state index contributed by atoms with van der Waals surface area (Å²) in [7, 11) is 0. The molecule has 0 spiro atoms. The zero-order valence-electron chi connectivity index (χ0n) is 15.5. The molecule has 1 fully saturated rings. The van der Waals surface area contributed by atoms with E-state index in [9.17, 15) is 14.4 Å². The van der Waals surface area contributed by atoms with E-state index in [1.165, 1.54) is 0 Å². The number of anilines is 1. The van der Waals surface area contributed by atoms with E-state index in [0.29, 0.717) is 50.5 Å². The molecule has 3 amide bonds. The van der Waals surface area contributed by atoms with Gasteiger partial charge in [0, 0.05) is 32.6 Å². The molecule has 1 saturated heterocycles. The molecule has 0 radical (unpaired) electrons. The fraction of sp³-hybridized carbons (Fsp3) is 0.526. The minimum atomic E-state index is -0.344. The number of carbonyl (C=O) groups is 3. The van der Waals surface area contributed by atoms with Crippen molar-refractivity contribution in [1.82, 2.24) is 9.80 Å². The van der Waals surface area contributed by atoms with Crippen molar-refractivity contribution in [2.45, 2.75) is 33.1 Å². The van der Waals surface area contributed by atoms with Gasteiger partial charge in [-0.3, -0.25) is 9.59 Å². The molecule has 0 saturated carbocycles. The van der Waals surface area contributed by atoms with Crippen LogP contribution in [-0.2, 0) is 9.53 Å². The molecule has 1 N–H and O–H groups in total. The normalized spacial score (nSPS) is 14.1. The van der Waals surface area contributed by atoms with Gasteiger partial charge < -0.3 is 19.9 Å². The maximum atomic E-state index is 12.9. The standard InChI is InChI=1S/C19H27N3O4/c1-3-5-10-17(23)20-16-9-7-6-8-15(16)18(24)21-11-13-22(14-12-21)19(25)26-4-2/h6-9H,3-5,10-14H2,1-2H3,(H,20,23). The van der Waals surface area contributed by atoms with Crippen molar-refractivity contribution in [3.05, 3.63) is 29.8 Å². The van der Waals surface area contributed by atoms with Crippen molar-refractivity contribution < 1.29 is 19.1 Å². The largest absolute Gasteiger partial charge is 0.450 e. The SMILES string of the molecule is CCCCC(=O)Nc1ccccc1C(=O)N1CCN(C(=O)OCC)CC1. The van der Waals surface area contributed by atoms with Gasteiger partial charge in [0.25, 0.3) is 5.91 Å². The fourth-order valence-corrected chi connectivity index (χ4v) is 2.81. The van der Waals surface area contributed by atoms with E-state index in [-0.39, 0.29) is 17.9 Å². The smallest absolute Gasteiger partial charge is 0.409 e. The van der Waals surface area contributed by atoms with Crippen LogP contribution < -0.4 is 5.32 Å². The molecule has 0 unspecified atom stereocenters. The van der Waals surface area contributed by atoms with Crippen molar-refractivity contribution in [3.8, 4) is 0 Å². The Morgan fingerprint density at radius 1 is 1.04 bits per heavy atom. The van der Waals surface area contributed by atoms with Crippen LogP contribution >= 0.6 is 0 Å². The van der Waals surface area contributed by atoms with Crippen LogP contribution in [0, 0.1) is 0 Å². The summed E-state index contributed by atoms with van der Waals surface area (Å²) in [5.74, 6) is -0.223. The molecule has 7 heteroatoms. The number of piperazine rings is 1. The van der Waals surface area contributed by atoms with E-state index >= 15 is 0 Å². The van der Waals surface area contributed by atoms with Crippen LogP contribution in [-0.4, -0.2) is 60.5 Å². The van der Waals surface area contributed by atoms with Crippen molar-refractivity contribution in [1.29, 1.82) is 0 Å². The number of nitrogens with zero attached hydrogens (tertiary/aromatic N) is 2. The van der Waals surface area contributed by atoms with E-state index in [0.717, 1.165) is 12.8 Å². The highest BCUT2D eigenvalue weighted by Crippen LogP contribution is 2.19. The van der Waals surface area contributed by atoms with Gasteiger partial charge in [-0.2, -0.15) is 0 Å². The van der Waals surface area contributed by atoms with Crippen molar-refractivity contribution in [2.75, 3.05) is 38.1 Å². The lowest BCUT2D eigenvalue weighted by atomic mass is 10.1. The third-order valence-corrected chi connectivity index (χ3v) is 4.28. The Kier molecular flexibility index (Phi) is 7.44. The fourth-order valence-electron chi connectivity index (χ4n) is 2.81. The molecule has 1 heterocycles. The van der Waals surface area contributed by atoms with Crippen molar-refractivity contribution in [3.63, 3.8) is 0 Å². The number of nitrogens with one attached hydrogen (secondary N) is 1. The molecule has 0 bridgehead atoms. The summed E-state index contributed by atoms with van der Waals surface area (Å²) in [6, 6.07) is 7.04. The minimum Gasteiger partial charge on any atom is -0.450 e. The van der Waals surface area contributed by atoms with Crippen LogP contribution in [0.5, 0.6) is 0 Å². The Labute approximate surface area is 154 Å². The van der Waals surface area contributed by atoms with Crippen LogP contribution in [0.1, 0.15) is 43.5 Å². The summed E-state index contributed by atoms with van der Waals surface area (Å²) in [5.41, 5.74) is 1.01. The third-order valence-electron chi connectivity index (χ3n) is 4.28. The van der Waals surface area contributed by atoms with Gasteiger partial charge in [-0.1, -0.05) is 25.5 Å². The number of hydrogen-bond acceptors (Lipinski definition) is 4. The van der Waals surface area contributed by atoms with Gasteiger partial charge in [-0.05, 0) is 25.5 Å². The molecule has 1 aromatic carbocycles. The molecule has 26 heavy (non-hydrogen) atoms. The van der Waals surface area contributed by atoms with Gasteiger partial charge in [0.15, 0.2) is 0 Å². The summed E-state index contributed by atoms with van der Waals surface area (Å²) >= 11 is 0. The Bertz CT molecular complexity index is 639. The van der Waals surface area contributed by atoms with E-state index in [2.05, 4.69) is 5.32 Å². The zero-order chi connectivity index (χ0) is 18.9. The second-order valence-electron chi connectivity index (χ2n) is 6.18. The lowest BCUT2D eigenvalue weighted by Crippen LogP contribution is -2.50. The molecular weight excluding hydrogens is 334 g/mol. The number of ether oxygens (including phenoxy) is 1. The first kappa shape index (κ1) is 19.8. The van der Waals surface area contributed by atoms with E-state index in [1.807, 2.05) is 6.92 Å². The molecule has 1 aliphatic heterocycles. The number of rotatable bonds is 6. The topological polar surface area (TPSA) is 79.0 Å². The molecule has 1 aliphatic rings. The number of unbranched alkanes of at least 4 members (excludes halogenated alkanes) is 1. The zero-order valence-corrected chi connectivity index (χ0v) is 15.5. The lowest BCUT2D eigenvalue weighted by Gasteiger charge is -2.34. The van der Waals surface area contributed by atoms with Gasteiger partial charge in [0.1, 0.15) is 0 Å². The minimum absolute atomic E-state index is 0.0840. The summed E-state index contributed by atoms with van der Waals surface area (Å²) in [6.45, 7) is 5.89. The first-order valence-corrected chi connectivity index (χ1v) is 9.16. The summed E-state index contributed by atoms with van der Waals surface area (Å²) in [5, 5.41) is 2.84. The number of amides is 3. The van der Waals surface area contributed by atoms with E-state index in [4.69, 9.17) is 4.74 Å². The first-order valence-electron chi connectivity index (χ1n) is 9.16. The average Bonchev–Trinajstić information content (AvgIpc) is 2.66. The summed E-state index contributed by atoms with van der Waals surface area (Å²) in [6.07, 6.45) is 1.86. The molecule has 0 aliphatic carbocycles. The maximum absolute atomic E-state index is 12.9. The second-order valence-corrected chi connectivity index (χ2v) is 6.18. The van der Waals surface area contributed by atoms with Gasteiger partial charge >= 0.3 is 6.09 Å². The number of benzene rings is 1. The van der Waals surface area contributed by atoms with Gasteiger partial charge in [-0.15, -0.1) is 0 Å². The van der Waals surface area contributed by atoms with Crippen molar-refractivity contribution >= 4 is 23.6 Å². The summed E-state index contributed by atoms with van der Waals surface area (Å²) < 4.78 is 4.99. The molecule has 142 valence electrons. The van der Waals surface area contributed by atoms with Gasteiger partial charge in [0.2, 0.25) is 5.91 Å². The molecule has 2 rings (SSSR count). The molecule has 0 aromatic heterocycles. The predicted octanol–water partition coefficient (Wildman–Crippen LogP) is 2.73. The van der Waals surface area contributed by atoms with Crippen LogP contribution in [0.4, 0.5) is 10.5 Å². The second kappa shape index (κ2) is 9.79. The number of hydrogen-bond donors (Lipinski definition) is 1. The van der Waals surface area contributed by atoms with E-state index < -0.39 is 0 Å². The highest BCUT2D eigenvalue weighted by molar-refractivity contribution is 6.03. The highest BCUT2D eigenvalue weighted by atomic mass is 16.6. The average molecular weight is 361 g/mol. The summed E-state index contributed by atoms with van der Waals surface area (Å²) in [4.78, 5) is 39.9. The molecule has 0 atom stereocenters. The van der Waals surface area contributed by atoms with Crippen LogP contribution in [0.2, 0.25) is 0 Å². The van der Waals surface area contributed by atoms with E-state index in [1.54, 1.807) is 41.0 Å². The first-order chi connectivity index (χ1) is 12.6. The Hall–Kier alpha value is -2.57. The predicted molar refractivity (Wildman–Crippen MR) is 99.1 cm³/mol. The van der Waals surface area contributed by atoms with Crippen LogP contribution in [0.25, 0.3) is 0 Å².